The molecule has 7 nitrogen and oxygen atoms in total. The van der Waals surface area contributed by atoms with E-state index in [2.05, 4.69) is 40.8 Å². The van der Waals surface area contributed by atoms with Crippen molar-refractivity contribution in [3.8, 4) is 0 Å². The Morgan fingerprint density at radius 1 is 1.21 bits per heavy atom. The number of nitrogens with one attached hydrogen (secondary N) is 2. The highest BCUT2D eigenvalue weighted by Crippen LogP contribution is 2.25. The van der Waals surface area contributed by atoms with Gasteiger partial charge in [0.15, 0.2) is 0 Å². The van der Waals surface area contributed by atoms with Crippen LogP contribution in [0.5, 0.6) is 0 Å². The van der Waals surface area contributed by atoms with Crippen LogP contribution >= 0.6 is 11.3 Å². The maximum absolute atomic E-state index is 12.4. The fourth-order valence-corrected chi connectivity index (χ4v) is 5.86. The van der Waals surface area contributed by atoms with Crippen LogP contribution in [0.3, 0.4) is 0 Å². The van der Waals surface area contributed by atoms with Crippen LogP contribution in [0.2, 0.25) is 0 Å². The molecule has 2 amide bonds. The van der Waals surface area contributed by atoms with Gasteiger partial charge in [0.05, 0.1) is 17.5 Å². The number of urea groups is 1. The van der Waals surface area contributed by atoms with Crippen molar-refractivity contribution in [2.45, 2.75) is 26.3 Å². The average Bonchev–Trinajstić information content (AvgIpc) is 3.35. The number of hydrogen-bond acceptors (Lipinski definition) is 5. The Balaban J connectivity index is 1.58. The van der Waals surface area contributed by atoms with Crippen LogP contribution in [-0.4, -0.2) is 51.3 Å². The summed E-state index contributed by atoms with van der Waals surface area (Å²) < 4.78 is 25.5. The van der Waals surface area contributed by atoms with Gasteiger partial charge in [-0.3, -0.25) is 9.21 Å². The molecule has 1 aromatic heterocycles. The highest BCUT2D eigenvalue weighted by atomic mass is 32.2. The first-order valence-electron chi connectivity index (χ1n) is 9.86. The Bertz CT molecular complexity index is 894. The normalized spacial score (nSPS) is 16.7. The van der Waals surface area contributed by atoms with Crippen molar-refractivity contribution in [3.63, 3.8) is 0 Å². The standard InChI is InChI=1S/C20H28N4O3S2/c1-3-23(4-2)19(16-10-12-28-15-16)14-21-20(25)22-17-6-8-18(9-7-17)24-11-5-13-29(24,26)27/h6-10,12,15,19H,3-5,11,13-14H2,1-2H3,(H2,21,22,25)/t19-/m1/s1. The van der Waals surface area contributed by atoms with E-state index in [0.717, 1.165) is 13.1 Å². The van der Waals surface area contributed by atoms with Gasteiger partial charge in [-0.1, -0.05) is 13.8 Å². The summed E-state index contributed by atoms with van der Waals surface area (Å²) in [6.07, 6.45) is 0.641. The third-order valence-corrected chi connectivity index (χ3v) is 7.72. The molecule has 158 valence electrons. The fraction of sp³-hybridized carbons (Fsp3) is 0.450. The van der Waals surface area contributed by atoms with E-state index in [-0.39, 0.29) is 17.8 Å². The Hall–Kier alpha value is -2.10. The van der Waals surface area contributed by atoms with E-state index in [1.807, 2.05) is 5.38 Å². The molecule has 2 N–H and O–H groups in total. The first kappa shape index (κ1) is 21.6. The second-order valence-electron chi connectivity index (χ2n) is 6.92. The molecule has 1 atom stereocenters. The molecule has 0 radical (unpaired) electrons. The van der Waals surface area contributed by atoms with Gasteiger partial charge in [0.1, 0.15) is 0 Å². The van der Waals surface area contributed by atoms with Gasteiger partial charge >= 0.3 is 6.03 Å². The van der Waals surface area contributed by atoms with Crippen molar-refractivity contribution in [3.05, 3.63) is 46.7 Å². The fourth-order valence-electron chi connectivity index (χ4n) is 3.59. The largest absolute Gasteiger partial charge is 0.336 e. The van der Waals surface area contributed by atoms with Gasteiger partial charge in [0.2, 0.25) is 10.0 Å². The number of carbonyl (C=O) groups excluding carboxylic acids is 1. The smallest absolute Gasteiger partial charge is 0.319 e. The molecule has 2 heterocycles. The monoisotopic (exact) mass is 436 g/mol. The summed E-state index contributed by atoms with van der Waals surface area (Å²) >= 11 is 1.65. The number of thiophene rings is 1. The molecule has 1 aliphatic rings. The zero-order valence-electron chi connectivity index (χ0n) is 16.8. The molecule has 2 aromatic rings. The molecule has 1 fully saturated rings. The van der Waals surface area contributed by atoms with Gasteiger partial charge in [-0.2, -0.15) is 11.3 Å². The lowest BCUT2D eigenvalue weighted by atomic mass is 10.1. The van der Waals surface area contributed by atoms with Gasteiger partial charge in [-0.15, -0.1) is 0 Å². The first-order chi connectivity index (χ1) is 13.9. The summed E-state index contributed by atoms with van der Waals surface area (Å²) in [5, 5.41) is 9.95. The van der Waals surface area contributed by atoms with E-state index >= 15 is 0 Å². The molecule has 1 aliphatic heterocycles. The molecule has 9 heteroatoms. The van der Waals surface area contributed by atoms with Crippen molar-refractivity contribution in [1.82, 2.24) is 10.2 Å². The van der Waals surface area contributed by atoms with Gasteiger partial charge in [-0.05, 0) is 66.2 Å². The SMILES string of the molecule is CCN(CC)[C@H](CNC(=O)Nc1ccc(N2CCCS2(=O)=O)cc1)c1ccsc1. The van der Waals surface area contributed by atoms with E-state index in [1.165, 1.54) is 9.87 Å². The van der Waals surface area contributed by atoms with Gasteiger partial charge < -0.3 is 10.6 Å². The summed E-state index contributed by atoms with van der Waals surface area (Å²) in [5.74, 6) is 0.188. The summed E-state index contributed by atoms with van der Waals surface area (Å²) in [6.45, 7) is 7.05. The van der Waals surface area contributed by atoms with E-state index < -0.39 is 10.0 Å². The lowest BCUT2D eigenvalue weighted by Crippen LogP contribution is -2.39. The number of likely N-dealkylation sites (N-methyl/N-ethyl adjacent to an activating group) is 1. The molecule has 0 spiro atoms. The van der Waals surface area contributed by atoms with Crippen LogP contribution in [0.25, 0.3) is 0 Å². The number of benzene rings is 1. The zero-order chi connectivity index (χ0) is 20.9. The van der Waals surface area contributed by atoms with Crippen molar-refractivity contribution in [2.24, 2.45) is 0 Å². The number of carbonyl (C=O) groups is 1. The molecule has 0 bridgehead atoms. The topological polar surface area (TPSA) is 81.8 Å². The molecular weight excluding hydrogens is 408 g/mol. The van der Waals surface area contributed by atoms with Crippen LogP contribution in [0.15, 0.2) is 41.1 Å². The lowest BCUT2D eigenvalue weighted by Gasteiger charge is -2.29. The molecule has 29 heavy (non-hydrogen) atoms. The Labute approximate surface area is 176 Å². The molecule has 0 unspecified atom stereocenters. The van der Waals surface area contributed by atoms with Crippen molar-refractivity contribution in [2.75, 3.05) is 41.6 Å². The second-order valence-corrected chi connectivity index (χ2v) is 9.71. The Kier molecular flexibility index (Phi) is 7.15. The summed E-state index contributed by atoms with van der Waals surface area (Å²) in [4.78, 5) is 14.7. The highest BCUT2D eigenvalue weighted by Gasteiger charge is 2.28. The minimum Gasteiger partial charge on any atom is -0.336 e. The molecule has 1 saturated heterocycles. The van der Waals surface area contributed by atoms with E-state index in [9.17, 15) is 13.2 Å². The van der Waals surface area contributed by atoms with E-state index in [4.69, 9.17) is 0 Å². The number of nitrogens with zero attached hydrogens (tertiary/aromatic N) is 2. The quantitative estimate of drug-likeness (QED) is 0.664. The molecule has 0 saturated carbocycles. The third kappa shape index (κ3) is 5.29. The van der Waals surface area contributed by atoms with Gasteiger partial charge in [0, 0.05) is 18.8 Å². The minimum atomic E-state index is -3.20. The Morgan fingerprint density at radius 2 is 1.93 bits per heavy atom. The molecule has 0 aliphatic carbocycles. The number of anilines is 2. The maximum Gasteiger partial charge on any atom is 0.319 e. The third-order valence-electron chi connectivity index (χ3n) is 5.15. The second kappa shape index (κ2) is 9.60. The predicted octanol–water partition coefficient (Wildman–Crippen LogP) is 3.49. The summed E-state index contributed by atoms with van der Waals surface area (Å²) in [5.41, 5.74) is 2.46. The number of hydrogen-bond donors (Lipinski definition) is 2. The Morgan fingerprint density at radius 3 is 2.48 bits per heavy atom. The van der Waals surface area contributed by atoms with Crippen molar-refractivity contribution in [1.29, 1.82) is 0 Å². The van der Waals surface area contributed by atoms with E-state index in [1.54, 1.807) is 35.6 Å². The lowest BCUT2D eigenvalue weighted by molar-refractivity contribution is 0.210. The zero-order valence-corrected chi connectivity index (χ0v) is 18.4. The summed E-state index contributed by atoms with van der Waals surface area (Å²) in [7, 11) is -3.20. The van der Waals surface area contributed by atoms with Gasteiger partial charge in [0.25, 0.3) is 0 Å². The number of amides is 2. The summed E-state index contributed by atoms with van der Waals surface area (Å²) in [6, 6.07) is 8.85. The molecular formula is C20H28N4O3S2. The van der Waals surface area contributed by atoms with Gasteiger partial charge in [-0.25, -0.2) is 13.2 Å². The molecule has 1 aromatic carbocycles. The number of sulfonamides is 1. The predicted molar refractivity (Wildman–Crippen MR) is 119 cm³/mol. The van der Waals surface area contributed by atoms with Crippen molar-refractivity contribution < 1.29 is 13.2 Å². The van der Waals surface area contributed by atoms with Crippen molar-refractivity contribution >= 4 is 38.8 Å². The average molecular weight is 437 g/mol. The minimum absolute atomic E-state index is 0.129. The maximum atomic E-state index is 12.4. The van der Waals surface area contributed by atoms with Crippen LogP contribution in [-0.2, 0) is 10.0 Å². The van der Waals surface area contributed by atoms with Crippen LogP contribution < -0.4 is 14.9 Å². The van der Waals surface area contributed by atoms with Crippen LogP contribution in [0, 0.1) is 0 Å². The molecule has 3 rings (SSSR count). The first-order valence-corrected chi connectivity index (χ1v) is 12.4. The van der Waals surface area contributed by atoms with Crippen LogP contribution in [0.4, 0.5) is 16.2 Å². The highest BCUT2D eigenvalue weighted by molar-refractivity contribution is 7.93. The van der Waals surface area contributed by atoms with Crippen LogP contribution in [0.1, 0.15) is 31.9 Å². The number of rotatable bonds is 8. The van der Waals surface area contributed by atoms with E-state index in [0.29, 0.717) is 30.9 Å².